The molecule has 0 saturated heterocycles. The third-order valence-electron chi connectivity index (χ3n) is 2.74. The van der Waals surface area contributed by atoms with E-state index in [0.29, 0.717) is 0 Å². The fraction of sp³-hybridized carbons (Fsp3) is 0.455. The summed E-state index contributed by atoms with van der Waals surface area (Å²) >= 11 is 0. The number of hydrogen-bond acceptors (Lipinski definition) is 3. The molecule has 0 N–H and O–H groups in total. The Balaban J connectivity index is 2.47. The van der Waals surface area contributed by atoms with Crippen molar-refractivity contribution in [2.75, 3.05) is 14.2 Å². The van der Waals surface area contributed by atoms with Crippen LogP contribution in [0.1, 0.15) is 12.5 Å². The van der Waals surface area contributed by atoms with Crippen molar-refractivity contribution in [3.63, 3.8) is 0 Å². The molecule has 0 spiro atoms. The van der Waals surface area contributed by atoms with Crippen molar-refractivity contribution in [1.82, 2.24) is 0 Å². The van der Waals surface area contributed by atoms with Gasteiger partial charge in [0.1, 0.15) is 5.75 Å². The van der Waals surface area contributed by atoms with Crippen LogP contribution in [0.15, 0.2) is 24.3 Å². The van der Waals surface area contributed by atoms with Gasteiger partial charge < -0.3 is 14.2 Å². The number of hydrogen-bond donors (Lipinski definition) is 0. The molecule has 0 aromatic heterocycles. The van der Waals surface area contributed by atoms with E-state index in [0.717, 1.165) is 11.3 Å². The first kappa shape index (κ1) is 9.49. The molecule has 2 unspecified atom stereocenters. The van der Waals surface area contributed by atoms with Gasteiger partial charge in [-0.2, -0.15) is 0 Å². The Bertz CT molecular complexity index is 337. The molecule has 1 aliphatic heterocycles. The van der Waals surface area contributed by atoms with E-state index < -0.39 is 5.60 Å². The minimum Gasteiger partial charge on any atom is -0.461 e. The maximum absolute atomic E-state index is 5.62. The van der Waals surface area contributed by atoms with Crippen molar-refractivity contribution in [3.05, 3.63) is 29.8 Å². The number of para-hydroxylation sites is 1. The van der Waals surface area contributed by atoms with E-state index in [4.69, 9.17) is 14.2 Å². The average molecular weight is 194 g/mol. The zero-order valence-electron chi connectivity index (χ0n) is 8.61. The highest BCUT2D eigenvalue weighted by molar-refractivity contribution is 5.42. The van der Waals surface area contributed by atoms with E-state index in [1.165, 1.54) is 0 Å². The molecule has 1 aromatic carbocycles. The Kier molecular flexibility index (Phi) is 2.21. The Hall–Kier alpha value is -1.06. The zero-order chi connectivity index (χ0) is 10.2. The molecule has 2 atom stereocenters. The molecule has 0 radical (unpaired) electrons. The second-order valence-electron chi connectivity index (χ2n) is 3.49. The van der Waals surface area contributed by atoms with Crippen molar-refractivity contribution < 1.29 is 14.2 Å². The van der Waals surface area contributed by atoms with Gasteiger partial charge in [0.25, 0.3) is 0 Å². The molecule has 0 amide bonds. The summed E-state index contributed by atoms with van der Waals surface area (Å²) in [7, 11) is 3.28. The number of ether oxygens (including phenoxy) is 3. The summed E-state index contributed by atoms with van der Waals surface area (Å²) in [5.41, 5.74) is 0.528. The van der Waals surface area contributed by atoms with E-state index in [1.807, 2.05) is 31.2 Å². The van der Waals surface area contributed by atoms with Crippen LogP contribution in [0.3, 0.4) is 0 Å². The monoisotopic (exact) mass is 194 g/mol. The van der Waals surface area contributed by atoms with E-state index in [9.17, 15) is 0 Å². The summed E-state index contributed by atoms with van der Waals surface area (Å²) in [4.78, 5) is 0. The summed E-state index contributed by atoms with van der Waals surface area (Å²) < 4.78 is 16.3. The summed E-state index contributed by atoms with van der Waals surface area (Å²) in [5.74, 6) is 0.837. The van der Waals surface area contributed by atoms with Gasteiger partial charge in [-0.05, 0) is 13.0 Å². The largest absolute Gasteiger partial charge is 0.461 e. The summed E-state index contributed by atoms with van der Waals surface area (Å²) in [6.07, 6.45) is -0.370. The van der Waals surface area contributed by atoms with Crippen molar-refractivity contribution in [2.45, 2.75) is 18.8 Å². The van der Waals surface area contributed by atoms with Gasteiger partial charge in [0.15, 0.2) is 5.60 Å². The normalized spacial score (nSPS) is 29.8. The average Bonchev–Trinajstić information content (AvgIpc) is 2.53. The number of benzene rings is 1. The van der Waals surface area contributed by atoms with Crippen LogP contribution >= 0.6 is 0 Å². The van der Waals surface area contributed by atoms with Crippen LogP contribution in [0, 0.1) is 0 Å². The smallest absolute Gasteiger partial charge is 0.233 e. The number of rotatable bonds is 2. The summed E-state index contributed by atoms with van der Waals surface area (Å²) in [6.45, 7) is 1.97. The Morgan fingerprint density at radius 3 is 2.64 bits per heavy atom. The van der Waals surface area contributed by atoms with Crippen molar-refractivity contribution >= 4 is 0 Å². The third kappa shape index (κ3) is 1.13. The third-order valence-corrected chi connectivity index (χ3v) is 2.74. The van der Waals surface area contributed by atoms with Crippen LogP contribution in [-0.2, 0) is 15.1 Å². The van der Waals surface area contributed by atoms with Crippen molar-refractivity contribution in [2.24, 2.45) is 0 Å². The minimum atomic E-state index is -0.509. The van der Waals surface area contributed by atoms with E-state index in [2.05, 4.69) is 0 Å². The van der Waals surface area contributed by atoms with Crippen LogP contribution in [0.2, 0.25) is 0 Å². The van der Waals surface area contributed by atoms with Gasteiger partial charge >= 0.3 is 0 Å². The molecule has 0 saturated carbocycles. The van der Waals surface area contributed by atoms with Gasteiger partial charge in [0.2, 0.25) is 6.29 Å². The molecule has 0 fully saturated rings. The second-order valence-corrected chi connectivity index (χ2v) is 3.49. The summed E-state index contributed by atoms with van der Waals surface area (Å²) in [6, 6.07) is 7.83. The molecule has 14 heavy (non-hydrogen) atoms. The zero-order valence-corrected chi connectivity index (χ0v) is 8.61. The van der Waals surface area contributed by atoms with Crippen LogP contribution in [0.5, 0.6) is 5.75 Å². The second kappa shape index (κ2) is 3.26. The molecule has 3 heteroatoms. The van der Waals surface area contributed by atoms with Crippen LogP contribution < -0.4 is 4.74 Å². The Morgan fingerprint density at radius 2 is 2.00 bits per heavy atom. The highest BCUT2D eigenvalue weighted by Crippen LogP contribution is 2.43. The number of methoxy groups -OCH3 is 2. The van der Waals surface area contributed by atoms with Gasteiger partial charge in [-0.15, -0.1) is 0 Å². The molecule has 3 nitrogen and oxygen atoms in total. The van der Waals surface area contributed by atoms with Crippen molar-refractivity contribution in [3.8, 4) is 5.75 Å². The lowest BCUT2D eigenvalue weighted by molar-refractivity contribution is -0.175. The quantitative estimate of drug-likeness (QED) is 0.719. The molecule has 0 aliphatic carbocycles. The van der Waals surface area contributed by atoms with Crippen LogP contribution in [-0.4, -0.2) is 20.5 Å². The van der Waals surface area contributed by atoms with Gasteiger partial charge in [-0.3, -0.25) is 0 Å². The minimum absolute atomic E-state index is 0.370. The van der Waals surface area contributed by atoms with Gasteiger partial charge in [0, 0.05) is 19.8 Å². The molecule has 2 rings (SSSR count). The van der Waals surface area contributed by atoms with Crippen molar-refractivity contribution in [1.29, 1.82) is 0 Å². The Labute approximate surface area is 83.6 Å². The van der Waals surface area contributed by atoms with E-state index >= 15 is 0 Å². The lowest BCUT2D eigenvalue weighted by Crippen LogP contribution is -2.38. The van der Waals surface area contributed by atoms with Crippen LogP contribution in [0.4, 0.5) is 0 Å². The molecule has 1 heterocycles. The molecular formula is C11H14O3. The standard InChI is InChI=1S/C11H14O3/c1-11(13-3)8-6-4-5-7-9(8)14-10(11)12-2/h4-7,10H,1-3H3. The highest BCUT2D eigenvalue weighted by atomic mass is 16.7. The molecule has 1 aliphatic rings. The van der Waals surface area contributed by atoms with Gasteiger partial charge in [-0.1, -0.05) is 18.2 Å². The molecular weight excluding hydrogens is 180 g/mol. The van der Waals surface area contributed by atoms with Crippen LogP contribution in [0.25, 0.3) is 0 Å². The van der Waals surface area contributed by atoms with E-state index in [1.54, 1.807) is 14.2 Å². The molecule has 0 bridgehead atoms. The Morgan fingerprint density at radius 1 is 1.29 bits per heavy atom. The lowest BCUT2D eigenvalue weighted by Gasteiger charge is -2.27. The highest BCUT2D eigenvalue weighted by Gasteiger charge is 2.46. The first-order valence-corrected chi connectivity index (χ1v) is 4.56. The SMILES string of the molecule is COC1Oc2ccccc2C1(C)OC. The molecule has 1 aromatic rings. The first-order valence-electron chi connectivity index (χ1n) is 4.56. The predicted molar refractivity (Wildman–Crippen MR) is 52.2 cm³/mol. The fourth-order valence-electron chi connectivity index (χ4n) is 1.81. The fourth-order valence-corrected chi connectivity index (χ4v) is 1.81. The van der Waals surface area contributed by atoms with Gasteiger partial charge in [0.05, 0.1) is 0 Å². The number of fused-ring (bicyclic) bond motifs is 1. The van der Waals surface area contributed by atoms with Gasteiger partial charge in [-0.25, -0.2) is 0 Å². The lowest BCUT2D eigenvalue weighted by atomic mass is 9.97. The maximum atomic E-state index is 5.62. The topological polar surface area (TPSA) is 27.7 Å². The molecule has 76 valence electrons. The maximum Gasteiger partial charge on any atom is 0.233 e. The van der Waals surface area contributed by atoms with E-state index in [-0.39, 0.29) is 6.29 Å². The summed E-state index contributed by atoms with van der Waals surface area (Å²) in [5, 5.41) is 0. The predicted octanol–water partition coefficient (Wildman–Crippen LogP) is 1.91. The first-order chi connectivity index (χ1) is 6.72.